The van der Waals surface area contributed by atoms with Gasteiger partial charge in [-0.25, -0.2) is 4.79 Å². The first kappa shape index (κ1) is 20.1. The molecule has 0 spiro atoms. The number of halogens is 1. The molecule has 1 heterocycles. The minimum Gasteiger partial charge on any atom is -0.508 e. The van der Waals surface area contributed by atoms with Crippen LogP contribution in [0.4, 0.5) is 10.5 Å². The molecule has 1 aliphatic rings. The topological polar surface area (TPSA) is 98.7 Å². The summed E-state index contributed by atoms with van der Waals surface area (Å²) in [5.74, 6) is -0.688. The number of carbonyl (C=O) groups excluding carboxylic acids is 3. The first-order valence-electron chi connectivity index (χ1n) is 8.74. The Bertz CT molecular complexity index is 899. The van der Waals surface area contributed by atoms with Crippen LogP contribution in [0.2, 0.25) is 0 Å². The van der Waals surface area contributed by atoms with Crippen LogP contribution in [0.5, 0.6) is 5.75 Å². The lowest BCUT2D eigenvalue weighted by atomic mass is 9.93. The summed E-state index contributed by atoms with van der Waals surface area (Å²) in [5.41, 5.74) is 0.474. The smallest absolute Gasteiger partial charge is 0.325 e. The number of amides is 4. The van der Waals surface area contributed by atoms with Gasteiger partial charge in [-0.3, -0.25) is 14.5 Å². The van der Waals surface area contributed by atoms with E-state index in [4.69, 9.17) is 0 Å². The molecule has 0 bridgehead atoms. The number of anilines is 1. The summed E-state index contributed by atoms with van der Waals surface area (Å²) in [6.45, 7) is 1.32. The van der Waals surface area contributed by atoms with Crippen LogP contribution in [0.25, 0.3) is 0 Å². The van der Waals surface area contributed by atoms with Gasteiger partial charge in [-0.05, 0) is 84.3 Å². The Morgan fingerprint density at radius 3 is 2.43 bits per heavy atom. The average Bonchev–Trinajstić information content (AvgIpc) is 2.87. The van der Waals surface area contributed by atoms with E-state index in [9.17, 15) is 19.5 Å². The Balaban J connectivity index is 1.60. The van der Waals surface area contributed by atoms with E-state index in [0.29, 0.717) is 18.5 Å². The number of nitrogens with zero attached hydrogens (tertiary/aromatic N) is 1. The highest BCUT2D eigenvalue weighted by Crippen LogP contribution is 2.24. The summed E-state index contributed by atoms with van der Waals surface area (Å²) in [5, 5.41) is 14.7. The van der Waals surface area contributed by atoms with Gasteiger partial charge in [-0.15, -0.1) is 0 Å². The van der Waals surface area contributed by atoms with Crippen LogP contribution in [0.3, 0.4) is 0 Å². The van der Waals surface area contributed by atoms with E-state index >= 15 is 0 Å². The van der Waals surface area contributed by atoms with Crippen LogP contribution >= 0.6 is 22.6 Å². The maximum absolute atomic E-state index is 12.8. The summed E-state index contributed by atoms with van der Waals surface area (Å²) < 4.78 is 1.04. The lowest BCUT2D eigenvalue weighted by molar-refractivity contribution is -0.133. The Kier molecular flexibility index (Phi) is 5.87. The number of phenols is 1. The van der Waals surface area contributed by atoms with Crippen molar-refractivity contribution < 1.29 is 19.5 Å². The van der Waals surface area contributed by atoms with Crippen molar-refractivity contribution in [3.63, 3.8) is 0 Å². The highest BCUT2D eigenvalue weighted by molar-refractivity contribution is 14.1. The van der Waals surface area contributed by atoms with E-state index in [0.717, 1.165) is 14.0 Å². The van der Waals surface area contributed by atoms with Crippen LogP contribution in [0.15, 0.2) is 48.5 Å². The maximum atomic E-state index is 12.8. The van der Waals surface area contributed by atoms with Crippen molar-refractivity contribution in [2.75, 3.05) is 11.9 Å². The predicted molar refractivity (Wildman–Crippen MR) is 113 cm³/mol. The standard InChI is InChI=1S/C20H20IN3O4/c1-20(11-10-13-2-8-16(25)9-3-13)18(27)24(19(28)23-20)12-17(26)22-15-6-4-14(21)5-7-15/h2-9,25H,10-12H2,1H3,(H,22,26)(H,23,28)/t20-/m1/s1. The van der Waals surface area contributed by atoms with Gasteiger partial charge in [0.15, 0.2) is 0 Å². The van der Waals surface area contributed by atoms with Gasteiger partial charge in [0, 0.05) is 9.26 Å². The van der Waals surface area contributed by atoms with Crippen LogP contribution in [-0.4, -0.2) is 39.9 Å². The van der Waals surface area contributed by atoms with Gasteiger partial charge in [0.05, 0.1) is 0 Å². The van der Waals surface area contributed by atoms with Gasteiger partial charge >= 0.3 is 6.03 Å². The summed E-state index contributed by atoms with van der Waals surface area (Å²) >= 11 is 2.16. The van der Waals surface area contributed by atoms with Crippen LogP contribution < -0.4 is 10.6 Å². The fourth-order valence-corrected chi connectivity index (χ4v) is 3.35. The lowest BCUT2D eigenvalue weighted by Crippen LogP contribution is -2.45. The van der Waals surface area contributed by atoms with Crippen molar-refractivity contribution in [1.82, 2.24) is 10.2 Å². The Morgan fingerprint density at radius 2 is 1.79 bits per heavy atom. The minimum absolute atomic E-state index is 0.172. The van der Waals surface area contributed by atoms with Gasteiger partial charge in [-0.1, -0.05) is 12.1 Å². The van der Waals surface area contributed by atoms with Crippen molar-refractivity contribution in [3.8, 4) is 5.75 Å². The van der Waals surface area contributed by atoms with E-state index in [1.165, 1.54) is 0 Å². The number of rotatable bonds is 6. The predicted octanol–water partition coefficient (Wildman–Crippen LogP) is 2.88. The molecule has 0 radical (unpaired) electrons. The lowest BCUT2D eigenvalue weighted by Gasteiger charge is -2.21. The number of imide groups is 1. The van der Waals surface area contributed by atoms with E-state index in [1.807, 2.05) is 12.1 Å². The highest BCUT2D eigenvalue weighted by Gasteiger charge is 2.47. The zero-order chi connectivity index (χ0) is 20.3. The molecule has 1 saturated heterocycles. The summed E-state index contributed by atoms with van der Waals surface area (Å²) in [7, 11) is 0. The van der Waals surface area contributed by atoms with Crippen molar-refractivity contribution in [1.29, 1.82) is 0 Å². The number of nitrogens with one attached hydrogen (secondary N) is 2. The van der Waals surface area contributed by atoms with E-state index < -0.39 is 23.4 Å². The zero-order valence-electron chi connectivity index (χ0n) is 15.2. The van der Waals surface area contributed by atoms with E-state index in [2.05, 4.69) is 33.2 Å². The molecular weight excluding hydrogens is 473 g/mol. The molecule has 0 aliphatic carbocycles. The Hall–Kier alpha value is -2.62. The number of aryl methyl sites for hydroxylation is 1. The molecule has 146 valence electrons. The summed E-state index contributed by atoms with van der Waals surface area (Å²) in [6.07, 6.45) is 0.934. The first-order valence-corrected chi connectivity index (χ1v) is 9.82. The molecule has 4 amide bonds. The fourth-order valence-electron chi connectivity index (χ4n) is 2.99. The quantitative estimate of drug-likeness (QED) is 0.426. The molecule has 2 aromatic rings. The third kappa shape index (κ3) is 4.61. The maximum Gasteiger partial charge on any atom is 0.325 e. The SMILES string of the molecule is C[C@]1(CCc2ccc(O)cc2)NC(=O)N(CC(=O)Nc2ccc(I)cc2)C1=O. The molecule has 0 saturated carbocycles. The second-order valence-electron chi connectivity index (χ2n) is 6.88. The molecule has 1 atom stereocenters. The van der Waals surface area contributed by atoms with Gasteiger partial charge in [0.1, 0.15) is 17.8 Å². The fraction of sp³-hybridized carbons (Fsp3) is 0.250. The molecule has 3 rings (SSSR count). The number of benzene rings is 2. The third-order valence-electron chi connectivity index (χ3n) is 4.62. The molecule has 7 nitrogen and oxygen atoms in total. The molecule has 1 aliphatic heterocycles. The van der Waals surface area contributed by atoms with Gasteiger partial charge in [-0.2, -0.15) is 0 Å². The molecular formula is C20H20IN3O4. The van der Waals surface area contributed by atoms with E-state index in [-0.39, 0.29) is 12.3 Å². The minimum atomic E-state index is -1.07. The number of hydrogen-bond donors (Lipinski definition) is 3. The second-order valence-corrected chi connectivity index (χ2v) is 8.12. The normalized spacial score (nSPS) is 18.9. The van der Waals surface area contributed by atoms with Gasteiger partial charge < -0.3 is 15.7 Å². The average molecular weight is 493 g/mol. The molecule has 3 N–H and O–H groups in total. The summed E-state index contributed by atoms with van der Waals surface area (Å²) in [6, 6.07) is 13.3. The number of urea groups is 1. The number of hydrogen-bond acceptors (Lipinski definition) is 4. The number of aromatic hydroxyl groups is 1. The van der Waals surface area contributed by atoms with Crippen molar-refractivity contribution in [2.24, 2.45) is 0 Å². The molecule has 1 fully saturated rings. The van der Waals surface area contributed by atoms with Crippen LogP contribution in [0, 0.1) is 3.57 Å². The third-order valence-corrected chi connectivity index (χ3v) is 5.34. The number of carbonyl (C=O) groups is 3. The molecule has 8 heteroatoms. The molecule has 0 aromatic heterocycles. The van der Waals surface area contributed by atoms with Crippen molar-refractivity contribution in [3.05, 3.63) is 57.7 Å². The van der Waals surface area contributed by atoms with Crippen molar-refractivity contribution in [2.45, 2.75) is 25.3 Å². The zero-order valence-corrected chi connectivity index (χ0v) is 17.4. The van der Waals surface area contributed by atoms with Gasteiger partial charge in [0.2, 0.25) is 5.91 Å². The second kappa shape index (κ2) is 8.17. The Labute approximate surface area is 176 Å². The van der Waals surface area contributed by atoms with Gasteiger partial charge in [0.25, 0.3) is 5.91 Å². The van der Waals surface area contributed by atoms with E-state index in [1.54, 1.807) is 43.3 Å². The highest BCUT2D eigenvalue weighted by atomic mass is 127. The molecule has 0 unspecified atom stereocenters. The number of phenolic OH excluding ortho intramolecular Hbond substituents is 1. The Morgan fingerprint density at radius 1 is 1.14 bits per heavy atom. The van der Waals surface area contributed by atoms with Crippen molar-refractivity contribution >= 4 is 46.1 Å². The van der Waals surface area contributed by atoms with Crippen LogP contribution in [0.1, 0.15) is 18.9 Å². The van der Waals surface area contributed by atoms with Crippen LogP contribution in [-0.2, 0) is 16.0 Å². The first-order chi connectivity index (χ1) is 13.3. The molecule has 28 heavy (non-hydrogen) atoms. The molecule has 2 aromatic carbocycles. The largest absolute Gasteiger partial charge is 0.508 e. The monoisotopic (exact) mass is 493 g/mol. The summed E-state index contributed by atoms with van der Waals surface area (Å²) in [4.78, 5) is 38.2.